The minimum absolute atomic E-state index is 0.153. The Morgan fingerprint density at radius 1 is 0.378 bits per heavy atom. The van der Waals surface area contributed by atoms with E-state index < -0.39 is 57.8 Å². The molecule has 0 saturated carbocycles. The van der Waals surface area contributed by atoms with Crippen molar-refractivity contribution in [3.8, 4) is 0 Å². The van der Waals surface area contributed by atoms with Crippen molar-refractivity contribution in [1.29, 1.82) is 0 Å². The Hall–Kier alpha value is -2.82. The van der Waals surface area contributed by atoms with Gasteiger partial charge >= 0.3 is 25.7 Å². The number of rotatable bonds is 56. The van der Waals surface area contributed by atoms with Crippen molar-refractivity contribution in [2.45, 2.75) is 290 Å². The van der Waals surface area contributed by atoms with Gasteiger partial charge in [-0.15, -0.1) is 0 Å². The number of ether oxygens (including phenoxy) is 3. The molecule has 11 nitrogen and oxygen atoms in total. The SMILES string of the molecule is CCC/C=C\C/C=C\CCCCCCCC(=O)OC(CO)COP(=O)(O)OCC(COC(=O)CCCCCCCCCCCCCCCCC)OC(=O)CCCCCCCC/C=C\C/C=C\C/C=C\CCCCC. The Morgan fingerprint density at radius 3 is 1.09 bits per heavy atom. The average Bonchev–Trinajstić information content (AvgIpc) is 3.39. The molecule has 3 atom stereocenters. The molecule has 0 bridgehead atoms. The van der Waals surface area contributed by atoms with Crippen LogP contribution >= 0.6 is 7.82 Å². The van der Waals surface area contributed by atoms with Crippen LogP contribution in [0.1, 0.15) is 278 Å². The Labute approximate surface area is 453 Å². The fourth-order valence-corrected chi connectivity index (χ4v) is 9.07. The summed E-state index contributed by atoms with van der Waals surface area (Å²) in [4.78, 5) is 48.6. The third kappa shape index (κ3) is 54.0. The van der Waals surface area contributed by atoms with Gasteiger partial charge in [-0.05, 0) is 83.5 Å². The molecule has 0 spiro atoms. The topological polar surface area (TPSA) is 155 Å². The lowest BCUT2D eigenvalue weighted by molar-refractivity contribution is -0.161. The zero-order chi connectivity index (χ0) is 54.1. The molecule has 12 heteroatoms. The molecule has 0 aromatic rings. The molecular formula is C62H111O11P. The maximum absolute atomic E-state index is 12.9. The van der Waals surface area contributed by atoms with Gasteiger partial charge < -0.3 is 24.2 Å². The molecule has 74 heavy (non-hydrogen) atoms. The second-order valence-electron chi connectivity index (χ2n) is 20.2. The summed E-state index contributed by atoms with van der Waals surface area (Å²) in [6.45, 7) is 4.55. The van der Waals surface area contributed by atoms with Crippen molar-refractivity contribution >= 4 is 25.7 Å². The van der Waals surface area contributed by atoms with Gasteiger partial charge in [0.25, 0.3) is 0 Å². The smallest absolute Gasteiger partial charge is 0.462 e. The van der Waals surface area contributed by atoms with Gasteiger partial charge in [-0.1, -0.05) is 236 Å². The van der Waals surface area contributed by atoms with E-state index in [1.54, 1.807) is 0 Å². The predicted octanol–water partition coefficient (Wildman–Crippen LogP) is 17.9. The van der Waals surface area contributed by atoms with E-state index in [1.165, 1.54) is 103 Å². The summed E-state index contributed by atoms with van der Waals surface area (Å²) in [5, 5.41) is 9.81. The number of aliphatic hydroxyl groups is 1. The number of carbonyl (C=O) groups is 3. The monoisotopic (exact) mass is 1060 g/mol. The molecule has 430 valence electrons. The molecule has 0 saturated heterocycles. The molecule has 3 unspecified atom stereocenters. The molecule has 0 rings (SSSR count). The maximum Gasteiger partial charge on any atom is 0.472 e. The van der Waals surface area contributed by atoms with E-state index in [1.807, 2.05) is 0 Å². The van der Waals surface area contributed by atoms with Crippen LogP contribution in [-0.4, -0.2) is 66.5 Å². The number of phosphoric acid groups is 1. The second-order valence-corrected chi connectivity index (χ2v) is 21.6. The minimum atomic E-state index is -4.75. The number of allylic oxidation sites excluding steroid dienone is 10. The quantitative estimate of drug-likeness (QED) is 0.0197. The number of hydrogen-bond acceptors (Lipinski definition) is 10. The van der Waals surface area contributed by atoms with Crippen LogP contribution in [0.25, 0.3) is 0 Å². The summed E-state index contributed by atoms with van der Waals surface area (Å²) in [5.41, 5.74) is 0. The summed E-state index contributed by atoms with van der Waals surface area (Å²) in [6, 6.07) is 0. The highest BCUT2D eigenvalue weighted by molar-refractivity contribution is 7.47. The lowest BCUT2D eigenvalue weighted by Crippen LogP contribution is -2.30. The van der Waals surface area contributed by atoms with Crippen LogP contribution < -0.4 is 0 Å². The summed E-state index contributed by atoms with van der Waals surface area (Å²) in [7, 11) is -4.75. The van der Waals surface area contributed by atoms with Gasteiger partial charge in [0.15, 0.2) is 6.10 Å². The number of aliphatic hydroxyl groups excluding tert-OH is 1. The van der Waals surface area contributed by atoms with Crippen molar-refractivity contribution in [1.82, 2.24) is 0 Å². The molecular weight excluding hydrogens is 952 g/mol. The van der Waals surface area contributed by atoms with Crippen LogP contribution in [0, 0.1) is 0 Å². The van der Waals surface area contributed by atoms with Crippen LogP contribution in [-0.2, 0) is 42.2 Å². The lowest BCUT2D eigenvalue weighted by Gasteiger charge is -2.21. The zero-order valence-corrected chi connectivity index (χ0v) is 48.5. The first-order valence-corrected chi connectivity index (χ1v) is 31.7. The van der Waals surface area contributed by atoms with E-state index in [4.69, 9.17) is 23.3 Å². The van der Waals surface area contributed by atoms with Crippen molar-refractivity contribution in [3.05, 3.63) is 60.8 Å². The van der Waals surface area contributed by atoms with Gasteiger partial charge in [-0.3, -0.25) is 23.4 Å². The van der Waals surface area contributed by atoms with Crippen LogP contribution in [0.3, 0.4) is 0 Å². The first kappa shape index (κ1) is 71.2. The fourth-order valence-electron chi connectivity index (χ4n) is 8.28. The van der Waals surface area contributed by atoms with E-state index in [0.29, 0.717) is 19.3 Å². The Morgan fingerprint density at radius 2 is 0.689 bits per heavy atom. The number of unbranched alkanes of at least 4 members (excludes halogenated alkanes) is 29. The maximum atomic E-state index is 12.9. The molecule has 0 aliphatic heterocycles. The van der Waals surface area contributed by atoms with Gasteiger partial charge in [0, 0.05) is 19.3 Å². The molecule has 2 N–H and O–H groups in total. The van der Waals surface area contributed by atoms with E-state index in [2.05, 4.69) is 81.5 Å². The highest BCUT2D eigenvalue weighted by Crippen LogP contribution is 2.43. The lowest BCUT2D eigenvalue weighted by atomic mass is 10.0. The molecule has 0 aliphatic carbocycles. The summed E-state index contributed by atoms with van der Waals surface area (Å²) in [5.74, 6) is -1.48. The van der Waals surface area contributed by atoms with Gasteiger partial charge in [0.2, 0.25) is 0 Å². The summed E-state index contributed by atoms with van der Waals surface area (Å²) >= 11 is 0. The zero-order valence-electron chi connectivity index (χ0n) is 47.6. The standard InChI is InChI=1S/C62H111O11P/c1-4-7-10-13-16-19-22-25-27-28-29-30-32-35-38-41-44-47-50-53-62(66)73-59(55-69-60(64)51-48-45-42-39-36-34-31-26-23-20-17-14-11-8-5-2)57-71-74(67,68)70-56-58(54-63)72-61(65)52-49-46-43-40-37-33-24-21-18-15-12-9-6-3/h12,15-16,19,21,24-25,27,29-30,58-59,63H,4-11,13-14,17-18,20,22-23,26,28,31-57H2,1-3H3,(H,67,68)/b15-12-,19-16-,24-21-,27-25-,30-29-. The molecule has 0 heterocycles. The van der Waals surface area contributed by atoms with Crippen LogP contribution in [0.4, 0.5) is 0 Å². The molecule has 0 fully saturated rings. The van der Waals surface area contributed by atoms with Crippen LogP contribution in [0.2, 0.25) is 0 Å². The first-order valence-electron chi connectivity index (χ1n) is 30.2. The van der Waals surface area contributed by atoms with Crippen LogP contribution in [0.15, 0.2) is 60.8 Å². The molecule has 0 aliphatic rings. The predicted molar refractivity (Wildman–Crippen MR) is 307 cm³/mol. The first-order chi connectivity index (χ1) is 36.2. The van der Waals surface area contributed by atoms with Gasteiger partial charge in [0.1, 0.15) is 12.7 Å². The normalized spacial score (nSPS) is 13.7. The molecule has 0 amide bonds. The van der Waals surface area contributed by atoms with Gasteiger partial charge in [-0.25, -0.2) is 4.57 Å². The molecule has 0 radical (unpaired) electrons. The number of carbonyl (C=O) groups excluding carboxylic acids is 3. The fraction of sp³-hybridized carbons (Fsp3) is 0.790. The van der Waals surface area contributed by atoms with Gasteiger partial charge in [-0.2, -0.15) is 0 Å². The van der Waals surface area contributed by atoms with Crippen LogP contribution in [0.5, 0.6) is 0 Å². The summed E-state index contributed by atoms with van der Waals surface area (Å²) in [6.07, 6.45) is 61.7. The minimum Gasteiger partial charge on any atom is -0.462 e. The number of esters is 3. The van der Waals surface area contributed by atoms with Crippen molar-refractivity contribution in [3.63, 3.8) is 0 Å². The number of hydrogen-bond donors (Lipinski definition) is 2. The van der Waals surface area contributed by atoms with E-state index in [0.717, 1.165) is 116 Å². The van der Waals surface area contributed by atoms with Gasteiger partial charge in [0.05, 0.1) is 19.8 Å². The van der Waals surface area contributed by atoms with Crippen molar-refractivity contribution < 1.29 is 52.2 Å². The third-order valence-corrected chi connectivity index (χ3v) is 13.8. The summed E-state index contributed by atoms with van der Waals surface area (Å²) < 4.78 is 39.6. The van der Waals surface area contributed by atoms with Crippen molar-refractivity contribution in [2.75, 3.05) is 26.4 Å². The Balaban J connectivity index is 4.74. The molecule has 0 aromatic heterocycles. The number of phosphoric ester groups is 1. The third-order valence-electron chi connectivity index (χ3n) is 12.9. The average molecular weight is 1060 g/mol. The van der Waals surface area contributed by atoms with Crippen molar-refractivity contribution in [2.24, 2.45) is 0 Å². The van der Waals surface area contributed by atoms with E-state index >= 15 is 0 Å². The van der Waals surface area contributed by atoms with E-state index in [9.17, 15) is 28.9 Å². The largest absolute Gasteiger partial charge is 0.472 e. The second kappa shape index (κ2) is 56.4. The highest BCUT2D eigenvalue weighted by atomic mass is 31.2. The Kier molecular flexibility index (Phi) is 54.2. The highest BCUT2D eigenvalue weighted by Gasteiger charge is 2.28. The Bertz CT molecular complexity index is 1470. The molecule has 0 aromatic carbocycles. The van der Waals surface area contributed by atoms with E-state index in [-0.39, 0.29) is 25.9 Å².